The zero-order valence-electron chi connectivity index (χ0n) is 11.9. The van der Waals surface area contributed by atoms with Crippen LogP contribution in [0.4, 0.5) is 14.5 Å². The number of hydrogen-bond acceptors (Lipinski definition) is 3. The molecule has 0 aliphatic rings. The Labute approximate surface area is 126 Å². The van der Waals surface area contributed by atoms with E-state index < -0.39 is 17.5 Å². The second kappa shape index (κ2) is 7.51. The molecule has 0 spiro atoms. The minimum atomic E-state index is -0.906. The van der Waals surface area contributed by atoms with Gasteiger partial charge < -0.3 is 14.8 Å². The van der Waals surface area contributed by atoms with Crippen molar-refractivity contribution in [3.63, 3.8) is 0 Å². The van der Waals surface area contributed by atoms with Crippen molar-refractivity contribution in [1.82, 2.24) is 0 Å². The van der Waals surface area contributed by atoms with Crippen LogP contribution in [0.5, 0.6) is 5.75 Å². The third-order valence-electron chi connectivity index (χ3n) is 2.84. The van der Waals surface area contributed by atoms with Crippen molar-refractivity contribution in [2.45, 2.75) is 0 Å². The normalized spacial score (nSPS) is 10.3. The third-order valence-corrected chi connectivity index (χ3v) is 2.84. The second-order valence-electron chi connectivity index (χ2n) is 4.44. The van der Waals surface area contributed by atoms with Crippen molar-refractivity contribution in [3.05, 3.63) is 59.7 Å². The number of ether oxygens (including phenoxy) is 2. The molecule has 0 radical (unpaired) electrons. The molecule has 2 aromatic rings. The van der Waals surface area contributed by atoms with Crippen molar-refractivity contribution >= 4 is 11.6 Å². The first-order chi connectivity index (χ1) is 10.6. The number of rotatable bonds is 6. The Bertz CT molecular complexity index is 644. The van der Waals surface area contributed by atoms with Crippen LogP contribution < -0.4 is 10.1 Å². The van der Waals surface area contributed by atoms with Crippen LogP contribution in [-0.4, -0.2) is 26.2 Å². The molecule has 0 atom stereocenters. The Balaban J connectivity index is 1.99. The van der Waals surface area contributed by atoms with Gasteiger partial charge in [-0.2, -0.15) is 0 Å². The van der Waals surface area contributed by atoms with Crippen LogP contribution in [0.1, 0.15) is 10.4 Å². The van der Waals surface area contributed by atoms with E-state index in [9.17, 15) is 13.6 Å². The van der Waals surface area contributed by atoms with Crippen molar-refractivity contribution in [2.75, 3.05) is 25.6 Å². The topological polar surface area (TPSA) is 47.6 Å². The van der Waals surface area contributed by atoms with E-state index in [1.54, 1.807) is 31.4 Å². The molecule has 0 heterocycles. The van der Waals surface area contributed by atoms with E-state index in [2.05, 4.69) is 5.32 Å². The molecule has 0 unspecified atom stereocenters. The first-order valence-corrected chi connectivity index (χ1v) is 6.58. The van der Waals surface area contributed by atoms with Gasteiger partial charge in [-0.25, -0.2) is 8.78 Å². The van der Waals surface area contributed by atoms with Gasteiger partial charge in [0.25, 0.3) is 5.91 Å². The maximum Gasteiger partial charge on any atom is 0.258 e. The minimum Gasteiger partial charge on any atom is -0.491 e. The lowest BCUT2D eigenvalue weighted by Gasteiger charge is -2.08. The lowest BCUT2D eigenvalue weighted by Crippen LogP contribution is -2.13. The van der Waals surface area contributed by atoms with E-state index in [1.807, 2.05) is 0 Å². The third kappa shape index (κ3) is 4.26. The number of carbonyl (C=O) groups is 1. The summed E-state index contributed by atoms with van der Waals surface area (Å²) in [6.45, 7) is 0.894. The van der Waals surface area contributed by atoms with Gasteiger partial charge in [0.1, 0.15) is 24.0 Å². The van der Waals surface area contributed by atoms with Crippen molar-refractivity contribution in [1.29, 1.82) is 0 Å². The van der Waals surface area contributed by atoms with Crippen LogP contribution in [0.3, 0.4) is 0 Å². The molecule has 0 saturated heterocycles. The second-order valence-corrected chi connectivity index (χ2v) is 4.44. The molecule has 0 bridgehead atoms. The number of methoxy groups -OCH3 is 1. The molecule has 0 fully saturated rings. The number of halogens is 2. The predicted octanol–water partition coefficient (Wildman–Crippen LogP) is 3.24. The number of hydrogen-bond donors (Lipinski definition) is 1. The Morgan fingerprint density at radius 3 is 2.45 bits per heavy atom. The van der Waals surface area contributed by atoms with Crippen LogP contribution >= 0.6 is 0 Å². The monoisotopic (exact) mass is 307 g/mol. The fourth-order valence-corrected chi connectivity index (χ4v) is 1.75. The standard InChI is InChI=1S/C16H15F2NO3/c1-21-8-9-22-13-5-3-12(4-6-13)19-16(20)14-7-2-11(17)10-15(14)18/h2-7,10H,8-9H2,1H3,(H,19,20). The maximum atomic E-state index is 13.5. The summed E-state index contributed by atoms with van der Waals surface area (Å²) >= 11 is 0. The quantitative estimate of drug-likeness (QED) is 0.833. The number of carbonyl (C=O) groups excluding carboxylic acids is 1. The lowest BCUT2D eigenvalue weighted by atomic mass is 10.2. The molecule has 6 heteroatoms. The van der Waals surface area contributed by atoms with Crippen LogP contribution in [0.15, 0.2) is 42.5 Å². The van der Waals surface area contributed by atoms with E-state index in [0.717, 1.165) is 12.1 Å². The summed E-state index contributed by atoms with van der Waals surface area (Å²) in [5, 5.41) is 2.53. The van der Waals surface area contributed by atoms with Gasteiger partial charge in [-0.05, 0) is 36.4 Å². The molecule has 0 aliphatic heterocycles. The number of amides is 1. The molecule has 4 nitrogen and oxygen atoms in total. The largest absolute Gasteiger partial charge is 0.491 e. The maximum absolute atomic E-state index is 13.5. The first-order valence-electron chi connectivity index (χ1n) is 6.58. The van der Waals surface area contributed by atoms with E-state index in [4.69, 9.17) is 9.47 Å². The Kier molecular flexibility index (Phi) is 5.43. The van der Waals surface area contributed by atoms with Gasteiger partial charge in [-0.3, -0.25) is 4.79 Å². The van der Waals surface area contributed by atoms with Crippen LogP contribution in [0.25, 0.3) is 0 Å². The van der Waals surface area contributed by atoms with Crippen molar-refractivity contribution in [2.24, 2.45) is 0 Å². The van der Waals surface area contributed by atoms with Gasteiger partial charge in [0.05, 0.1) is 12.2 Å². The highest BCUT2D eigenvalue weighted by atomic mass is 19.1. The molecular weight excluding hydrogens is 292 g/mol. The van der Waals surface area contributed by atoms with Gasteiger partial charge in [-0.15, -0.1) is 0 Å². The van der Waals surface area contributed by atoms with Crippen LogP contribution in [0, 0.1) is 11.6 Å². The molecule has 116 valence electrons. The van der Waals surface area contributed by atoms with E-state index >= 15 is 0 Å². The molecule has 0 aromatic heterocycles. The van der Waals surface area contributed by atoms with E-state index in [-0.39, 0.29) is 5.56 Å². The Morgan fingerprint density at radius 1 is 1.09 bits per heavy atom. The van der Waals surface area contributed by atoms with Gasteiger partial charge in [0.2, 0.25) is 0 Å². The highest BCUT2D eigenvalue weighted by Gasteiger charge is 2.12. The summed E-state index contributed by atoms with van der Waals surface area (Å²) in [5.74, 6) is -1.66. The zero-order chi connectivity index (χ0) is 15.9. The Hall–Kier alpha value is -2.47. The minimum absolute atomic E-state index is 0.221. The summed E-state index contributed by atoms with van der Waals surface area (Å²) in [6.07, 6.45) is 0. The fraction of sp³-hybridized carbons (Fsp3) is 0.188. The summed E-state index contributed by atoms with van der Waals surface area (Å²) in [6, 6.07) is 9.40. The van der Waals surface area contributed by atoms with Crippen molar-refractivity contribution in [3.8, 4) is 5.75 Å². The van der Waals surface area contributed by atoms with Gasteiger partial charge >= 0.3 is 0 Å². The molecule has 2 aromatic carbocycles. The first kappa shape index (κ1) is 15.9. The summed E-state index contributed by atoms with van der Waals surface area (Å²) in [7, 11) is 1.58. The van der Waals surface area contributed by atoms with Crippen LogP contribution in [-0.2, 0) is 4.74 Å². The van der Waals surface area contributed by atoms with Gasteiger partial charge in [0, 0.05) is 18.9 Å². The van der Waals surface area contributed by atoms with Gasteiger partial charge in [0.15, 0.2) is 0 Å². The Morgan fingerprint density at radius 2 is 1.82 bits per heavy atom. The fourth-order valence-electron chi connectivity index (χ4n) is 1.75. The SMILES string of the molecule is COCCOc1ccc(NC(=O)c2ccc(F)cc2F)cc1. The molecular formula is C16H15F2NO3. The molecule has 22 heavy (non-hydrogen) atoms. The molecule has 0 saturated carbocycles. The molecule has 2 rings (SSSR count). The number of anilines is 1. The summed E-state index contributed by atoms with van der Waals surface area (Å²) in [4.78, 5) is 11.9. The summed E-state index contributed by atoms with van der Waals surface area (Å²) < 4.78 is 36.6. The highest BCUT2D eigenvalue weighted by molar-refractivity contribution is 6.04. The molecule has 1 N–H and O–H groups in total. The van der Waals surface area contributed by atoms with Crippen LogP contribution in [0.2, 0.25) is 0 Å². The average Bonchev–Trinajstić information content (AvgIpc) is 2.49. The summed E-state index contributed by atoms with van der Waals surface area (Å²) in [5.41, 5.74) is 0.259. The number of nitrogens with one attached hydrogen (secondary N) is 1. The van der Waals surface area contributed by atoms with Crippen molar-refractivity contribution < 1.29 is 23.0 Å². The molecule has 0 aliphatic carbocycles. The highest BCUT2D eigenvalue weighted by Crippen LogP contribution is 2.17. The predicted molar refractivity (Wildman–Crippen MR) is 78.1 cm³/mol. The smallest absolute Gasteiger partial charge is 0.258 e. The lowest BCUT2D eigenvalue weighted by molar-refractivity contribution is 0.102. The van der Waals surface area contributed by atoms with Gasteiger partial charge in [-0.1, -0.05) is 0 Å². The average molecular weight is 307 g/mol. The zero-order valence-corrected chi connectivity index (χ0v) is 11.9. The number of benzene rings is 2. The molecule has 1 amide bonds. The van der Waals surface area contributed by atoms with E-state index in [0.29, 0.717) is 30.7 Å². The van der Waals surface area contributed by atoms with E-state index in [1.165, 1.54) is 0 Å².